The van der Waals surface area contributed by atoms with Crippen LogP contribution in [0.25, 0.3) is 11.1 Å². The summed E-state index contributed by atoms with van der Waals surface area (Å²) in [5.74, 6) is -1.53. The maximum Gasteiger partial charge on any atom is 0.412 e. The number of hydrogen-bond donors (Lipinski definition) is 1. The van der Waals surface area contributed by atoms with Gasteiger partial charge in [-0.2, -0.15) is 0 Å². The smallest absolute Gasteiger partial charge is 0.412 e. The molecule has 0 saturated heterocycles. The highest BCUT2D eigenvalue weighted by molar-refractivity contribution is 5.89. The normalized spacial score (nSPS) is 10.5. The molecular formula is C20H14F2N2O4. The summed E-state index contributed by atoms with van der Waals surface area (Å²) in [6.45, 7) is -0.251. The SMILES string of the molecule is O=C(O)N(Cc1ccc(F)cc1)c1cc(-c2ccccc2)c([N+](=O)[O-])cc1F. The van der Waals surface area contributed by atoms with Crippen molar-refractivity contribution in [1.82, 2.24) is 0 Å². The Morgan fingerprint density at radius 1 is 1.04 bits per heavy atom. The van der Waals surface area contributed by atoms with Crippen LogP contribution in [0.15, 0.2) is 66.7 Å². The monoisotopic (exact) mass is 384 g/mol. The molecule has 0 aliphatic heterocycles. The molecule has 8 heteroatoms. The minimum Gasteiger partial charge on any atom is -0.465 e. The number of amides is 1. The molecule has 0 saturated carbocycles. The number of nitrogens with zero attached hydrogens (tertiary/aromatic N) is 2. The van der Waals surface area contributed by atoms with E-state index in [0.717, 1.165) is 23.1 Å². The summed E-state index contributed by atoms with van der Waals surface area (Å²) in [6, 6.07) is 15.2. The zero-order chi connectivity index (χ0) is 20.3. The van der Waals surface area contributed by atoms with Crippen LogP contribution < -0.4 is 4.90 Å². The number of carbonyl (C=O) groups is 1. The summed E-state index contributed by atoms with van der Waals surface area (Å²) >= 11 is 0. The second-order valence-corrected chi connectivity index (χ2v) is 5.94. The van der Waals surface area contributed by atoms with Crippen LogP contribution in [0.1, 0.15) is 5.56 Å². The molecule has 0 aromatic heterocycles. The lowest BCUT2D eigenvalue weighted by Gasteiger charge is -2.21. The van der Waals surface area contributed by atoms with Crippen molar-refractivity contribution < 1.29 is 23.6 Å². The molecule has 0 heterocycles. The summed E-state index contributed by atoms with van der Waals surface area (Å²) in [7, 11) is 0. The predicted molar refractivity (Wildman–Crippen MR) is 99.1 cm³/mol. The van der Waals surface area contributed by atoms with E-state index in [0.29, 0.717) is 17.2 Å². The Morgan fingerprint density at radius 2 is 1.68 bits per heavy atom. The molecule has 1 N–H and O–H groups in total. The fourth-order valence-corrected chi connectivity index (χ4v) is 2.79. The lowest BCUT2D eigenvalue weighted by molar-refractivity contribution is -0.384. The average molecular weight is 384 g/mol. The van der Waals surface area contributed by atoms with Crippen molar-refractivity contribution in [3.63, 3.8) is 0 Å². The molecule has 0 fully saturated rings. The quantitative estimate of drug-likeness (QED) is 0.483. The fourth-order valence-electron chi connectivity index (χ4n) is 2.79. The molecule has 3 rings (SSSR count). The van der Waals surface area contributed by atoms with Gasteiger partial charge in [0.05, 0.1) is 28.8 Å². The van der Waals surface area contributed by atoms with Crippen molar-refractivity contribution in [3.8, 4) is 11.1 Å². The van der Waals surface area contributed by atoms with E-state index in [-0.39, 0.29) is 17.8 Å². The number of rotatable bonds is 5. The molecule has 0 atom stereocenters. The average Bonchev–Trinajstić information content (AvgIpc) is 2.68. The summed E-state index contributed by atoms with van der Waals surface area (Å²) in [5.41, 5.74) is 0.165. The van der Waals surface area contributed by atoms with Gasteiger partial charge >= 0.3 is 6.09 Å². The second-order valence-electron chi connectivity index (χ2n) is 5.94. The van der Waals surface area contributed by atoms with Gasteiger partial charge in [0, 0.05) is 0 Å². The zero-order valence-electron chi connectivity index (χ0n) is 14.4. The molecule has 0 spiro atoms. The van der Waals surface area contributed by atoms with Gasteiger partial charge in [0.2, 0.25) is 0 Å². The Morgan fingerprint density at radius 3 is 2.25 bits per heavy atom. The van der Waals surface area contributed by atoms with E-state index < -0.39 is 28.3 Å². The molecule has 0 aliphatic carbocycles. The first-order valence-corrected chi connectivity index (χ1v) is 8.15. The van der Waals surface area contributed by atoms with Crippen molar-refractivity contribution in [1.29, 1.82) is 0 Å². The van der Waals surface area contributed by atoms with Crippen molar-refractivity contribution in [3.05, 3.63) is 94.0 Å². The van der Waals surface area contributed by atoms with Gasteiger partial charge in [-0.05, 0) is 29.3 Å². The van der Waals surface area contributed by atoms with Gasteiger partial charge in [-0.3, -0.25) is 15.0 Å². The summed E-state index contributed by atoms with van der Waals surface area (Å²) in [4.78, 5) is 23.1. The van der Waals surface area contributed by atoms with Crippen LogP contribution in [-0.4, -0.2) is 16.1 Å². The molecule has 1 amide bonds. The molecule has 0 aliphatic rings. The Bertz CT molecular complexity index is 1020. The summed E-state index contributed by atoms with van der Waals surface area (Å²) < 4.78 is 27.7. The van der Waals surface area contributed by atoms with Gasteiger partial charge in [0.25, 0.3) is 5.69 Å². The maximum absolute atomic E-state index is 14.6. The number of hydrogen-bond acceptors (Lipinski definition) is 3. The molecule has 6 nitrogen and oxygen atoms in total. The maximum atomic E-state index is 14.6. The minimum atomic E-state index is -1.45. The third-order valence-corrected chi connectivity index (χ3v) is 4.12. The number of benzene rings is 3. The van der Waals surface area contributed by atoms with Gasteiger partial charge in [-0.25, -0.2) is 13.6 Å². The van der Waals surface area contributed by atoms with Crippen molar-refractivity contribution in [2.45, 2.75) is 6.54 Å². The Kier molecular flexibility index (Phi) is 5.30. The molecule has 0 bridgehead atoms. The van der Waals surface area contributed by atoms with E-state index in [2.05, 4.69) is 0 Å². The molecule has 0 unspecified atom stereocenters. The zero-order valence-corrected chi connectivity index (χ0v) is 14.4. The van der Waals surface area contributed by atoms with E-state index in [9.17, 15) is 28.8 Å². The second kappa shape index (κ2) is 7.83. The third kappa shape index (κ3) is 3.96. The Labute approximate surface area is 158 Å². The van der Waals surface area contributed by atoms with Gasteiger partial charge in [-0.15, -0.1) is 0 Å². The van der Waals surface area contributed by atoms with Gasteiger partial charge in [0.15, 0.2) is 5.82 Å². The molecule has 0 radical (unpaired) electrons. The number of carboxylic acid groups (broad SMARTS) is 1. The molecule has 28 heavy (non-hydrogen) atoms. The number of nitro benzene ring substituents is 1. The van der Waals surface area contributed by atoms with Crippen LogP contribution in [0.4, 0.5) is 25.0 Å². The fraction of sp³-hybridized carbons (Fsp3) is 0.0500. The highest BCUT2D eigenvalue weighted by Gasteiger charge is 2.25. The van der Waals surface area contributed by atoms with E-state index >= 15 is 0 Å². The predicted octanol–water partition coefficient (Wildman–Crippen LogP) is 5.22. The largest absolute Gasteiger partial charge is 0.465 e. The van der Waals surface area contributed by atoms with E-state index in [1.807, 2.05) is 0 Å². The third-order valence-electron chi connectivity index (χ3n) is 4.12. The van der Waals surface area contributed by atoms with Crippen LogP contribution in [0.3, 0.4) is 0 Å². The van der Waals surface area contributed by atoms with Crippen molar-refractivity contribution in [2.75, 3.05) is 4.90 Å². The topological polar surface area (TPSA) is 83.7 Å². The van der Waals surface area contributed by atoms with E-state index in [1.165, 1.54) is 12.1 Å². The first-order valence-electron chi connectivity index (χ1n) is 8.15. The number of halogens is 2. The number of nitro groups is 1. The van der Waals surface area contributed by atoms with Crippen LogP contribution in [0.5, 0.6) is 0 Å². The van der Waals surface area contributed by atoms with Crippen LogP contribution >= 0.6 is 0 Å². The highest BCUT2D eigenvalue weighted by Crippen LogP contribution is 2.36. The van der Waals surface area contributed by atoms with Gasteiger partial charge in [0.1, 0.15) is 5.82 Å². The first kappa shape index (κ1) is 19.0. The van der Waals surface area contributed by atoms with Gasteiger partial charge in [-0.1, -0.05) is 42.5 Å². The summed E-state index contributed by atoms with van der Waals surface area (Å²) in [5, 5.41) is 20.9. The molecule has 3 aromatic rings. The van der Waals surface area contributed by atoms with Crippen LogP contribution in [-0.2, 0) is 6.54 Å². The molecule has 3 aromatic carbocycles. The van der Waals surface area contributed by atoms with Crippen LogP contribution in [0, 0.1) is 21.7 Å². The standard InChI is InChI=1S/C20H14F2N2O4/c21-15-8-6-13(7-9-15)12-23(20(25)26)19-10-16(14-4-2-1-3-5-14)18(24(27)28)11-17(19)22/h1-11H,12H2,(H,25,26). The lowest BCUT2D eigenvalue weighted by Crippen LogP contribution is -2.29. The lowest BCUT2D eigenvalue weighted by atomic mass is 10.0. The van der Waals surface area contributed by atoms with Crippen molar-refractivity contribution >= 4 is 17.5 Å². The Hall–Kier alpha value is -3.81. The van der Waals surface area contributed by atoms with Gasteiger partial charge < -0.3 is 5.11 Å². The molecule has 142 valence electrons. The number of anilines is 1. The molecular weight excluding hydrogens is 370 g/mol. The van der Waals surface area contributed by atoms with Crippen molar-refractivity contribution in [2.24, 2.45) is 0 Å². The first-order chi connectivity index (χ1) is 13.4. The highest BCUT2D eigenvalue weighted by atomic mass is 19.1. The van der Waals surface area contributed by atoms with E-state index in [4.69, 9.17) is 0 Å². The van der Waals surface area contributed by atoms with Crippen LogP contribution in [0.2, 0.25) is 0 Å². The summed E-state index contributed by atoms with van der Waals surface area (Å²) in [6.07, 6.45) is -1.45. The minimum absolute atomic E-state index is 0.0901. The van der Waals surface area contributed by atoms with E-state index in [1.54, 1.807) is 30.3 Å². The Balaban J connectivity index is 2.11.